The topological polar surface area (TPSA) is 78.8 Å². The maximum atomic E-state index is 12.7. The Labute approximate surface area is 171 Å². The molecule has 3 rings (SSSR count). The molecule has 11 heteroatoms. The van der Waals surface area contributed by atoms with Crippen molar-refractivity contribution >= 4 is 23.9 Å². The third kappa shape index (κ3) is 5.34. The molecule has 2 aromatic heterocycles. The average molecular weight is 428 g/mol. The summed E-state index contributed by atoms with van der Waals surface area (Å²) >= 11 is 5.19. The van der Waals surface area contributed by atoms with Crippen molar-refractivity contribution in [2.75, 3.05) is 18.0 Å². The van der Waals surface area contributed by atoms with Crippen molar-refractivity contribution in [1.82, 2.24) is 25.1 Å². The first-order chi connectivity index (χ1) is 13.8. The monoisotopic (exact) mass is 428 g/mol. The van der Waals surface area contributed by atoms with Gasteiger partial charge >= 0.3 is 6.18 Å². The molecule has 1 aliphatic rings. The van der Waals surface area contributed by atoms with Crippen LogP contribution in [0.5, 0.6) is 0 Å². The van der Waals surface area contributed by atoms with Gasteiger partial charge in [0.15, 0.2) is 4.77 Å². The van der Waals surface area contributed by atoms with Gasteiger partial charge in [0.25, 0.3) is 0 Å². The minimum Gasteiger partial charge on any atom is -0.356 e. The summed E-state index contributed by atoms with van der Waals surface area (Å²) in [5.74, 6) is 1.14. The smallest absolute Gasteiger partial charge is 0.356 e. The SMILES string of the molecule is CCCc1n[nH]c(=S)n1CC(=O)NC1CCN(c2ccc(C(F)(F)F)cn2)CC1. The third-order valence-electron chi connectivity index (χ3n) is 4.87. The predicted molar refractivity (Wildman–Crippen MR) is 104 cm³/mol. The van der Waals surface area contributed by atoms with Gasteiger partial charge in [0.1, 0.15) is 18.2 Å². The number of amides is 1. The Morgan fingerprint density at radius 3 is 2.66 bits per heavy atom. The van der Waals surface area contributed by atoms with Gasteiger partial charge < -0.3 is 10.2 Å². The number of nitrogens with zero attached hydrogens (tertiary/aromatic N) is 4. The van der Waals surface area contributed by atoms with Crippen molar-refractivity contribution in [3.8, 4) is 0 Å². The lowest BCUT2D eigenvalue weighted by atomic mass is 10.0. The molecule has 0 aromatic carbocycles. The van der Waals surface area contributed by atoms with E-state index in [0.29, 0.717) is 36.5 Å². The highest BCUT2D eigenvalue weighted by atomic mass is 32.1. The number of carbonyl (C=O) groups is 1. The maximum Gasteiger partial charge on any atom is 0.417 e. The van der Waals surface area contributed by atoms with E-state index in [0.717, 1.165) is 30.9 Å². The van der Waals surface area contributed by atoms with Gasteiger partial charge in [-0.3, -0.25) is 14.5 Å². The molecule has 158 valence electrons. The number of aromatic nitrogens is 4. The van der Waals surface area contributed by atoms with Crippen LogP contribution in [0.1, 0.15) is 37.6 Å². The van der Waals surface area contributed by atoms with Crippen LogP contribution in [0.4, 0.5) is 19.0 Å². The quantitative estimate of drug-likeness (QED) is 0.692. The second kappa shape index (κ2) is 8.93. The van der Waals surface area contributed by atoms with Crippen molar-refractivity contribution in [3.05, 3.63) is 34.5 Å². The number of alkyl halides is 3. The summed E-state index contributed by atoms with van der Waals surface area (Å²) in [6.45, 7) is 3.36. The Morgan fingerprint density at radius 2 is 2.07 bits per heavy atom. The van der Waals surface area contributed by atoms with Gasteiger partial charge in [-0.1, -0.05) is 6.92 Å². The number of anilines is 1. The van der Waals surface area contributed by atoms with Crippen LogP contribution in [0.25, 0.3) is 0 Å². The summed E-state index contributed by atoms with van der Waals surface area (Å²) < 4.78 is 40.1. The number of hydrogen-bond acceptors (Lipinski definition) is 5. The number of nitrogens with one attached hydrogen (secondary N) is 2. The molecule has 0 bridgehead atoms. The van der Waals surface area contributed by atoms with Crippen LogP contribution in [0.2, 0.25) is 0 Å². The van der Waals surface area contributed by atoms with Crippen molar-refractivity contribution < 1.29 is 18.0 Å². The minimum absolute atomic E-state index is 0.00361. The number of halogens is 3. The molecule has 29 heavy (non-hydrogen) atoms. The largest absolute Gasteiger partial charge is 0.417 e. The molecule has 1 amide bonds. The number of aromatic amines is 1. The van der Waals surface area contributed by atoms with E-state index >= 15 is 0 Å². The first-order valence-electron chi connectivity index (χ1n) is 9.49. The molecule has 1 fully saturated rings. The number of rotatable bonds is 6. The Kier molecular flexibility index (Phi) is 6.56. The van der Waals surface area contributed by atoms with Crippen LogP contribution in [-0.4, -0.2) is 44.8 Å². The molecular weight excluding hydrogens is 405 g/mol. The third-order valence-corrected chi connectivity index (χ3v) is 5.18. The van der Waals surface area contributed by atoms with E-state index in [1.54, 1.807) is 4.57 Å². The summed E-state index contributed by atoms with van der Waals surface area (Å²) in [5.41, 5.74) is -0.760. The summed E-state index contributed by atoms with van der Waals surface area (Å²) in [6.07, 6.45) is -0.528. The zero-order valence-electron chi connectivity index (χ0n) is 16.0. The second-order valence-electron chi connectivity index (χ2n) is 7.01. The van der Waals surface area contributed by atoms with E-state index in [-0.39, 0.29) is 18.5 Å². The zero-order valence-corrected chi connectivity index (χ0v) is 16.8. The van der Waals surface area contributed by atoms with Gasteiger partial charge in [0.2, 0.25) is 5.91 Å². The van der Waals surface area contributed by atoms with Gasteiger partial charge in [0, 0.05) is 31.7 Å². The normalized spacial score (nSPS) is 15.5. The summed E-state index contributed by atoms with van der Waals surface area (Å²) in [6, 6.07) is 2.43. The first kappa shape index (κ1) is 21.3. The number of aryl methyl sites for hydroxylation is 1. The van der Waals surface area contributed by atoms with Gasteiger partial charge in [-0.05, 0) is 43.6 Å². The highest BCUT2D eigenvalue weighted by Crippen LogP contribution is 2.29. The van der Waals surface area contributed by atoms with Crippen LogP contribution in [0.3, 0.4) is 0 Å². The van der Waals surface area contributed by atoms with E-state index in [9.17, 15) is 18.0 Å². The summed E-state index contributed by atoms with van der Waals surface area (Å²) in [7, 11) is 0. The lowest BCUT2D eigenvalue weighted by Crippen LogP contribution is -2.45. The molecule has 3 heterocycles. The van der Waals surface area contributed by atoms with Crippen LogP contribution < -0.4 is 10.2 Å². The molecule has 7 nitrogen and oxygen atoms in total. The summed E-state index contributed by atoms with van der Waals surface area (Å²) in [4.78, 5) is 18.3. The standard InChI is InChI=1S/C18H23F3N6OS/c1-2-3-15-24-25-17(29)27(15)11-16(28)23-13-6-8-26(9-7-13)14-5-4-12(10-22-14)18(19,20)21/h4-5,10,13H,2-3,6-9,11H2,1H3,(H,23,28)(H,25,29). The van der Waals surface area contributed by atoms with Crippen LogP contribution >= 0.6 is 12.2 Å². The average Bonchev–Trinajstić information content (AvgIpc) is 3.02. The molecule has 0 aliphatic carbocycles. The molecule has 0 spiro atoms. The Morgan fingerprint density at radius 1 is 1.34 bits per heavy atom. The predicted octanol–water partition coefficient (Wildman–Crippen LogP) is 3.09. The van der Waals surface area contributed by atoms with Gasteiger partial charge in [-0.25, -0.2) is 4.98 Å². The van der Waals surface area contributed by atoms with Crippen LogP contribution in [0.15, 0.2) is 18.3 Å². The molecule has 0 unspecified atom stereocenters. The summed E-state index contributed by atoms with van der Waals surface area (Å²) in [5, 5.41) is 9.88. The number of H-pyrrole nitrogens is 1. The highest BCUT2D eigenvalue weighted by Gasteiger charge is 2.31. The molecule has 0 radical (unpaired) electrons. The van der Waals surface area contributed by atoms with E-state index in [1.807, 2.05) is 11.8 Å². The molecular formula is C18H23F3N6OS. The molecule has 1 aliphatic heterocycles. The molecule has 2 N–H and O–H groups in total. The number of piperidine rings is 1. The fourth-order valence-corrected chi connectivity index (χ4v) is 3.55. The fraction of sp³-hybridized carbons (Fsp3) is 0.556. The first-order valence-corrected chi connectivity index (χ1v) is 9.90. The van der Waals surface area contributed by atoms with Crippen molar-refractivity contribution in [1.29, 1.82) is 0 Å². The van der Waals surface area contributed by atoms with Gasteiger partial charge in [0.05, 0.1) is 5.56 Å². The lowest BCUT2D eigenvalue weighted by molar-refractivity contribution is -0.137. The number of pyridine rings is 1. The highest BCUT2D eigenvalue weighted by molar-refractivity contribution is 7.71. The van der Waals surface area contributed by atoms with Gasteiger partial charge in [-0.2, -0.15) is 18.3 Å². The van der Waals surface area contributed by atoms with Gasteiger partial charge in [-0.15, -0.1) is 0 Å². The second-order valence-corrected chi connectivity index (χ2v) is 7.40. The fourth-order valence-electron chi connectivity index (χ4n) is 3.34. The zero-order chi connectivity index (χ0) is 21.0. The maximum absolute atomic E-state index is 12.7. The van der Waals surface area contributed by atoms with Crippen molar-refractivity contribution in [2.45, 2.75) is 51.4 Å². The molecule has 2 aromatic rings. The number of carbonyl (C=O) groups excluding carboxylic acids is 1. The van der Waals surface area contributed by atoms with Crippen LogP contribution in [-0.2, 0) is 23.9 Å². The van der Waals surface area contributed by atoms with E-state index in [2.05, 4.69) is 20.5 Å². The number of hydrogen-bond donors (Lipinski definition) is 2. The molecule has 0 atom stereocenters. The minimum atomic E-state index is -4.39. The molecule has 0 saturated carbocycles. The molecule has 1 saturated heterocycles. The van der Waals surface area contributed by atoms with Crippen molar-refractivity contribution in [3.63, 3.8) is 0 Å². The lowest BCUT2D eigenvalue weighted by Gasteiger charge is -2.33. The van der Waals surface area contributed by atoms with Crippen molar-refractivity contribution in [2.24, 2.45) is 0 Å². The van der Waals surface area contributed by atoms with E-state index in [4.69, 9.17) is 12.2 Å². The van der Waals surface area contributed by atoms with Crippen LogP contribution in [0, 0.1) is 4.77 Å². The van der Waals surface area contributed by atoms with E-state index in [1.165, 1.54) is 6.07 Å². The Bertz CT molecular complexity index is 884. The Balaban J connectivity index is 1.51. The Hall–Kier alpha value is -2.43. The van der Waals surface area contributed by atoms with E-state index < -0.39 is 11.7 Å².